The van der Waals surface area contributed by atoms with Crippen molar-refractivity contribution in [2.45, 2.75) is 19.5 Å². The van der Waals surface area contributed by atoms with E-state index in [0.29, 0.717) is 0 Å². The lowest BCUT2D eigenvalue weighted by Crippen LogP contribution is -2.38. The molecule has 1 atom stereocenters. The van der Waals surface area contributed by atoms with Crippen LogP contribution in [0.25, 0.3) is 0 Å². The van der Waals surface area contributed by atoms with Crippen molar-refractivity contribution in [2.24, 2.45) is 4.99 Å². The van der Waals surface area contributed by atoms with E-state index in [0.717, 1.165) is 16.3 Å². The molecule has 0 radical (unpaired) electrons. The molecule has 5 heteroatoms. The molecule has 0 fully saturated rings. The number of rotatable bonds is 4. The molecule has 0 aliphatic carbocycles. The van der Waals surface area contributed by atoms with Crippen molar-refractivity contribution in [3.05, 3.63) is 56.7 Å². The van der Waals surface area contributed by atoms with Gasteiger partial charge in [0.2, 0.25) is 0 Å². The predicted octanol–water partition coefficient (Wildman–Crippen LogP) is 3.94. The van der Waals surface area contributed by atoms with Crippen molar-refractivity contribution >= 4 is 33.2 Å². The lowest BCUT2D eigenvalue weighted by atomic mass is 10.1. The number of halogens is 1. The highest BCUT2D eigenvalue weighted by Gasteiger charge is 2.07. The van der Waals surface area contributed by atoms with Crippen molar-refractivity contribution in [3.8, 4) is 0 Å². The summed E-state index contributed by atoms with van der Waals surface area (Å²) in [6.45, 7) is 2.90. The Bertz CT molecular complexity index is 566. The van der Waals surface area contributed by atoms with Gasteiger partial charge in [-0.3, -0.25) is 4.99 Å². The van der Waals surface area contributed by atoms with E-state index in [2.05, 4.69) is 62.7 Å². The largest absolute Gasteiger partial charge is 0.352 e. The maximum absolute atomic E-state index is 4.26. The van der Waals surface area contributed by atoms with E-state index in [4.69, 9.17) is 0 Å². The van der Waals surface area contributed by atoms with Crippen LogP contribution in [0.2, 0.25) is 0 Å². The van der Waals surface area contributed by atoms with Gasteiger partial charge in [0.05, 0.1) is 16.4 Å². The van der Waals surface area contributed by atoms with Crippen LogP contribution in [0.5, 0.6) is 0 Å². The molecule has 0 spiro atoms. The molecule has 2 rings (SSSR count). The summed E-state index contributed by atoms with van der Waals surface area (Å²) in [6.07, 6.45) is 0. The number of nitrogens with zero attached hydrogens (tertiary/aromatic N) is 1. The Balaban J connectivity index is 1.89. The molecule has 20 heavy (non-hydrogen) atoms. The highest BCUT2D eigenvalue weighted by molar-refractivity contribution is 9.11. The Hall–Kier alpha value is -1.33. The predicted molar refractivity (Wildman–Crippen MR) is 90.2 cm³/mol. The van der Waals surface area contributed by atoms with Gasteiger partial charge in [-0.1, -0.05) is 30.3 Å². The molecular formula is C15H18BrN3S. The molecule has 2 aromatic rings. The minimum absolute atomic E-state index is 0.220. The molecule has 1 aromatic heterocycles. The molecular weight excluding hydrogens is 334 g/mol. The Morgan fingerprint density at radius 3 is 2.60 bits per heavy atom. The first-order valence-corrected chi connectivity index (χ1v) is 8.06. The van der Waals surface area contributed by atoms with Gasteiger partial charge in [0.25, 0.3) is 0 Å². The molecule has 1 aromatic carbocycles. The number of aliphatic imine (C=N–C) groups is 1. The number of thiophene rings is 1. The fraction of sp³-hybridized carbons (Fsp3) is 0.267. The van der Waals surface area contributed by atoms with Crippen LogP contribution in [0.15, 0.2) is 51.2 Å². The molecule has 1 heterocycles. The molecule has 106 valence electrons. The minimum Gasteiger partial charge on any atom is -0.352 e. The third-order valence-corrected chi connectivity index (χ3v) is 4.56. The standard InChI is InChI=1S/C15H18BrN3S/c1-11(12-6-4-3-5-7-12)19-15(17-2)18-10-13-8-9-14(16)20-13/h3-9,11H,10H2,1-2H3,(H2,17,18,19). The molecule has 0 saturated carbocycles. The summed E-state index contributed by atoms with van der Waals surface area (Å²) in [7, 11) is 1.79. The number of hydrogen-bond donors (Lipinski definition) is 2. The molecule has 0 saturated heterocycles. The second kappa shape index (κ2) is 7.45. The Kier molecular flexibility index (Phi) is 5.61. The fourth-order valence-electron chi connectivity index (χ4n) is 1.84. The Labute approximate surface area is 132 Å². The van der Waals surface area contributed by atoms with Crippen LogP contribution in [0.3, 0.4) is 0 Å². The van der Waals surface area contributed by atoms with Crippen molar-refractivity contribution in [1.82, 2.24) is 10.6 Å². The van der Waals surface area contributed by atoms with Gasteiger partial charge < -0.3 is 10.6 Å². The molecule has 0 aliphatic heterocycles. The van der Waals surface area contributed by atoms with E-state index in [1.807, 2.05) is 18.2 Å². The summed E-state index contributed by atoms with van der Waals surface area (Å²) in [5.41, 5.74) is 1.24. The van der Waals surface area contributed by atoms with Crippen LogP contribution in [-0.4, -0.2) is 13.0 Å². The van der Waals surface area contributed by atoms with Gasteiger partial charge in [0, 0.05) is 11.9 Å². The SMILES string of the molecule is CN=C(NCc1ccc(Br)s1)NC(C)c1ccccc1. The third kappa shape index (κ3) is 4.35. The van der Waals surface area contributed by atoms with Gasteiger partial charge in [-0.05, 0) is 40.5 Å². The number of hydrogen-bond acceptors (Lipinski definition) is 2. The second-order valence-corrected chi connectivity index (χ2v) is 6.96. The first kappa shape index (κ1) is 15.1. The quantitative estimate of drug-likeness (QED) is 0.646. The van der Waals surface area contributed by atoms with Crippen LogP contribution < -0.4 is 10.6 Å². The molecule has 0 bridgehead atoms. The van der Waals surface area contributed by atoms with Crippen LogP contribution >= 0.6 is 27.3 Å². The average molecular weight is 352 g/mol. The molecule has 1 unspecified atom stereocenters. The monoisotopic (exact) mass is 351 g/mol. The molecule has 0 amide bonds. The van der Waals surface area contributed by atoms with E-state index in [9.17, 15) is 0 Å². The Morgan fingerprint density at radius 2 is 2.00 bits per heavy atom. The molecule has 2 N–H and O–H groups in total. The number of guanidine groups is 1. The zero-order valence-corrected chi connectivity index (χ0v) is 14.0. The summed E-state index contributed by atoms with van der Waals surface area (Å²) in [4.78, 5) is 5.53. The van der Waals surface area contributed by atoms with Crippen LogP contribution in [0.4, 0.5) is 0 Å². The summed E-state index contributed by atoms with van der Waals surface area (Å²) in [6, 6.07) is 14.7. The Morgan fingerprint density at radius 1 is 1.25 bits per heavy atom. The van der Waals surface area contributed by atoms with E-state index >= 15 is 0 Å². The lowest BCUT2D eigenvalue weighted by molar-refractivity contribution is 0.686. The minimum atomic E-state index is 0.220. The van der Waals surface area contributed by atoms with Crippen molar-refractivity contribution in [1.29, 1.82) is 0 Å². The summed E-state index contributed by atoms with van der Waals surface area (Å²) in [5, 5.41) is 6.72. The lowest BCUT2D eigenvalue weighted by Gasteiger charge is -2.18. The van der Waals surface area contributed by atoms with Gasteiger partial charge in [-0.15, -0.1) is 11.3 Å². The van der Waals surface area contributed by atoms with E-state index < -0.39 is 0 Å². The van der Waals surface area contributed by atoms with Crippen LogP contribution in [0.1, 0.15) is 23.4 Å². The summed E-state index contributed by atoms with van der Waals surface area (Å²) >= 11 is 5.20. The van der Waals surface area contributed by atoms with Gasteiger partial charge in [-0.2, -0.15) is 0 Å². The topological polar surface area (TPSA) is 36.4 Å². The molecule has 0 aliphatic rings. The summed E-state index contributed by atoms with van der Waals surface area (Å²) in [5.74, 6) is 0.811. The highest BCUT2D eigenvalue weighted by atomic mass is 79.9. The number of benzene rings is 1. The first-order chi connectivity index (χ1) is 9.69. The van der Waals surface area contributed by atoms with Crippen molar-refractivity contribution in [2.75, 3.05) is 7.05 Å². The molecule has 3 nitrogen and oxygen atoms in total. The van der Waals surface area contributed by atoms with Crippen molar-refractivity contribution < 1.29 is 0 Å². The van der Waals surface area contributed by atoms with Crippen LogP contribution in [-0.2, 0) is 6.54 Å². The smallest absolute Gasteiger partial charge is 0.191 e. The zero-order chi connectivity index (χ0) is 14.4. The zero-order valence-electron chi connectivity index (χ0n) is 11.6. The maximum atomic E-state index is 4.26. The first-order valence-electron chi connectivity index (χ1n) is 6.45. The fourth-order valence-corrected chi connectivity index (χ4v) is 3.27. The maximum Gasteiger partial charge on any atom is 0.191 e. The average Bonchev–Trinajstić information content (AvgIpc) is 2.89. The van der Waals surface area contributed by atoms with Gasteiger partial charge in [-0.25, -0.2) is 0 Å². The van der Waals surface area contributed by atoms with E-state index in [1.165, 1.54) is 10.4 Å². The normalized spacial score (nSPS) is 13.1. The third-order valence-electron chi connectivity index (χ3n) is 2.94. The van der Waals surface area contributed by atoms with Gasteiger partial charge >= 0.3 is 0 Å². The van der Waals surface area contributed by atoms with Crippen LogP contribution in [0, 0.1) is 0 Å². The van der Waals surface area contributed by atoms with Gasteiger partial charge in [0.1, 0.15) is 0 Å². The van der Waals surface area contributed by atoms with Gasteiger partial charge in [0.15, 0.2) is 5.96 Å². The second-order valence-electron chi connectivity index (χ2n) is 4.41. The summed E-state index contributed by atoms with van der Waals surface area (Å²) < 4.78 is 1.15. The highest BCUT2D eigenvalue weighted by Crippen LogP contribution is 2.21. The van der Waals surface area contributed by atoms with E-state index in [-0.39, 0.29) is 6.04 Å². The van der Waals surface area contributed by atoms with E-state index in [1.54, 1.807) is 18.4 Å². The number of nitrogens with one attached hydrogen (secondary N) is 2. The van der Waals surface area contributed by atoms with Crippen molar-refractivity contribution in [3.63, 3.8) is 0 Å².